The molecular weight excluding hydrogens is 504 g/mol. The molecule has 0 atom stereocenters. The maximum atomic E-state index is 13.9. The average molecular weight is 529 g/mol. The molecule has 2 N–H and O–H groups in total. The van der Waals surface area contributed by atoms with Crippen molar-refractivity contribution in [2.24, 2.45) is 7.05 Å². The van der Waals surface area contributed by atoms with Crippen molar-refractivity contribution in [3.8, 4) is 11.3 Å². The molecule has 0 saturated carbocycles. The third-order valence-corrected chi connectivity index (χ3v) is 8.42. The van der Waals surface area contributed by atoms with Crippen LogP contribution in [-0.2, 0) is 17.1 Å². The normalized spacial score (nSPS) is 14.9. The number of anilines is 1. The van der Waals surface area contributed by atoms with Crippen molar-refractivity contribution in [3.63, 3.8) is 0 Å². The number of benzene rings is 1. The Kier molecular flexibility index (Phi) is 6.13. The Labute approximate surface area is 213 Å². The van der Waals surface area contributed by atoms with Gasteiger partial charge in [-0.2, -0.15) is 5.10 Å². The van der Waals surface area contributed by atoms with Crippen LogP contribution in [0.5, 0.6) is 0 Å². The van der Waals surface area contributed by atoms with E-state index in [9.17, 15) is 18.3 Å². The fraction of sp³-hybridized carbons (Fsp3) is 0.292. The van der Waals surface area contributed by atoms with Crippen LogP contribution in [0.3, 0.4) is 0 Å². The van der Waals surface area contributed by atoms with Gasteiger partial charge in [-0.3, -0.25) is 4.68 Å². The highest BCUT2D eigenvalue weighted by Gasteiger charge is 2.29. The number of rotatable bonds is 5. The molecule has 4 aromatic rings. The third-order valence-electron chi connectivity index (χ3n) is 6.42. The molecule has 0 unspecified atom stereocenters. The minimum absolute atomic E-state index is 0.0254. The van der Waals surface area contributed by atoms with E-state index in [-0.39, 0.29) is 16.6 Å². The van der Waals surface area contributed by atoms with Crippen LogP contribution in [0.1, 0.15) is 18.4 Å². The van der Waals surface area contributed by atoms with Crippen molar-refractivity contribution in [1.29, 1.82) is 0 Å². The zero-order valence-electron chi connectivity index (χ0n) is 19.7. The molecule has 1 saturated heterocycles. The van der Waals surface area contributed by atoms with Crippen molar-refractivity contribution in [3.05, 3.63) is 59.5 Å². The Bertz CT molecular complexity index is 1550. The van der Waals surface area contributed by atoms with E-state index in [0.29, 0.717) is 53.3 Å². The summed E-state index contributed by atoms with van der Waals surface area (Å²) in [5, 5.41) is 17.8. The fourth-order valence-electron chi connectivity index (χ4n) is 4.48. The number of hydrogen-bond donors (Lipinski definition) is 2. The van der Waals surface area contributed by atoms with Crippen LogP contribution in [0.15, 0.2) is 53.8 Å². The summed E-state index contributed by atoms with van der Waals surface area (Å²) < 4.78 is 30.6. The van der Waals surface area contributed by atoms with Crippen molar-refractivity contribution < 1.29 is 18.3 Å². The molecule has 12 heteroatoms. The topological polar surface area (TPSA) is 122 Å². The first kappa shape index (κ1) is 24.1. The first-order chi connectivity index (χ1) is 17.1. The number of aryl methyl sites for hydroxylation is 2. The molecule has 1 fully saturated rings. The lowest BCUT2D eigenvalue weighted by Gasteiger charge is -2.31. The highest BCUT2D eigenvalue weighted by molar-refractivity contribution is 7.90. The van der Waals surface area contributed by atoms with Gasteiger partial charge in [-0.25, -0.2) is 22.2 Å². The average Bonchev–Trinajstić information content (AvgIpc) is 3.45. The quantitative estimate of drug-likeness (QED) is 0.398. The van der Waals surface area contributed by atoms with Crippen LogP contribution in [-0.4, -0.2) is 62.4 Å². The summed E-state index contributed by atoms with van der Waals surface area (Å²) in [5.41, 5.74) is 2.78. The molecule has 3 aromatic heterocycles. The molecule has 0 spiro atoms. The van der Waals surface area contributed by atoms with Crippen LogP contribution >= 0.6 is 11.6 Å². The SMILES string of the molecule is Cc1ccc(S(=O)(=O)n2c(-c3cnn(C)c3)cc3c(NC4CCN(C(=O)O)CC4)c(Cl)cnc32)cc1. The van der Waals surface area contributed by atoms with Gasteiger partial charge in [-0.05, 0) is 38.0 Å². The molecule has 36 heavy (non-hydrogen) atoms. The minimum Gasteiger partial charge on any atom is -0.465 e. The molecule has 1 aliphatic rings. The summed E-state index contributed by atoms with van der Waals surface area (Å²) in [6.45, 7) is 2.70. The number of likely N-dealkylation sites (tertiary alicyclic amines) is 1. The molecule has 1 amide bonds. The summed E-state index contributed by atoms with van der Waals surface area (Å²) in [7, 11) is -2.25. The number of fused-ring (bicyclic) bond motifs is 1. The Morgan fingerprint density at radius 3 is 2.47 bits per heavy atom. The second-order valence-electron chi connectivity index (χ2n) is 8.92. The lowest BCUT2D eigenvalue weighted by atomic mass is 10.0. The van der Waals surface area contributed by atoms with Gasteiger partial charge in [0.15, 0.2) is 5.65 Å². The number of nitrogens with zero attached hydrogens (tertiary/aromatic N) is 5. The number of amides is 1. The molecule has 0 bridgehead atoms. The first-order valence-corrected chi connectivity index (χ1v) is 13.2. The molecule has 188 valence electrons. The predicted molar refractivity (Wildman–Crippen MR) is 137 cm³/mol. The largest absolute Gasteiger partial charge is 0.465 e. The van der Waals surface area contributed by atoms with Gasteiger partial charge in [0, 0.05) is 43.3 Å². The van der Waals surface area contributed by atoms with Crippen LogP contribution in [0.2, 0.25) is 5.02 Å². The first-order valence-electron chi connectivity index (χ1n) is 11.4. The van der Waals surface area contributed by atoms with Crippen molar-refractivity contribution in [2.45, 2.75) is 30.7 Å². The van der Waals surface area contributed by atoms with Gasteiger partial charge in [-0.1, -0.05) is 29.3 Å². The van der Waals surface area contributed by atoms with E-state index in [4.69, 9.17) is 11.6 Å². The highest BCUT2D eigenvalue weighted by atomic mass is 35.5. The number of aromatic nitrogens is 4. The van der Waals surface area contributed by atoms with Gasteiger partial charge in [0.1, 0.15) is 0 Å². The van der Waals surface area contributed by atoms with E-state index >= 15 is 0 Å². The Balaban J connectivity index is 1.65. The van der Waals surface area contributed by atoms with Crippen molar-refractivity contribution >= 4 is 44.4 Å². The number of carboxylic acid groups (broad SMARTS) is 1. The maximum Gasteiger partial charge on any atom is 0.407 e. The van der Waals surface area contributed by atoms with E-state index in [1.807, 2.05) is 6.92 Å². The summed E-state index contributed by atoms with van der Waals surface area (Å²) in [6, 6.07) is 8.39. The number of carbonyl (C=O) groups is 1. The molecule has 0 aliphatic carbocycles. The number of piperidine rings is 1. The third kappa shape index (κ3) is 4.28. The summed E-state index contributed by atoms with van der Waals surface area (Å²) >= 11 is 6.56. The zero-order chi connectivity index (χ0) is 25.6. The van der Waals surface area contributed by atoms with E-state index in [0.717, 1.165) is 5.56 Å². The van der Waals surface area contributed by atoms with E-state index < -0.39 is 16.1 Å². The number of halogens is 1. The minimum atomic E-state index is -4.01. The number of nitrogens with one attached hydrogen (secondary N) is 1. The van der Waals surface area contributed by atoms with Crippen LogP contribution in [0.25, 0.3) is 22.3 Å². The Hall–Kier alpha value is -3.57. The molecule has 5 rings (SSSR count). The van der Waals surface area contributed by atoms with Crippen molar-refractivity contribution in [1.82, 2.24) is 23.6 Å². The second kappa shape index (κ2) is 9.14. The van der Waals surface area contributed by atoms with E-state index in [1.165, 1.54) is 15.1 Å². The summed E-state index contributed by atoms with van der Waals surface area (Å²) in [5.74, 6) is 0. The van der Waals surface area contributed by atoms with Gasteiger partial charge >= 0.3 is 6.09 Å². The van der Waals surface area contributed by atoms with E-state index in [2.05, 4.69) is 15.4 Å². The zero-order valence-corrected chi connectivity index (χ0v) is 21.3. The van der Waals surface area contributed by atoms with Crippen molar-refractivity contribution in [2.75, 3.05) is 18.4 Å². The summed E-state index contributed by atoms with van der Waals surface area (Å²) in [4.78, 5) is 17.2. The lowest BCUT2D eigenvalue weighted by Crippen LogP contribution is -2.41. The standard InChI is InChI=1S/C24H25ClN6O4S/c1-15-3-5-18(6-4-15)36(34,35)31-21(16-12-27-29(2)14-16)11-19-22(20(25)13-26-23(19)31)28-17-7-9-30(10-8-17)24(32)33/h3-6,11-14,17H,7-10H2,1-2H3,(H,26,28)(H,32,33). The smallest absolute Gasteiger partial charge is 0.407 e. The fourth-order valence-corrected chi connectivity index (χ4v) is 6.17. The molecule has 1 aromatic carbocycles. The number of pyridine rings is 1. The molecule has 4 heterocycles. The van der Waals surface area contributed by atoms with Crippen LogP contribution < -0.4 is 5.32 Å². The molecule has 0 radical (unpaired) electrons. The van der Waals surface area contributed by atoms with Gasteiger partial charge in [0.05, 0.1) is 33.7 Å². The van der Waals surface area contributed by atoms with Gasteiger partial charge in [-0.15, -0.1) is 0 Å². The lowest BCUT2D eigenvalue weighted by molar-refractivity contribution is 0.134. The van der Waals surface area contributed by atoms with Gasteiger partial charge in [0.25, 0.3) is 10.0 Å². The molecule has 1 aliphatic heterocycles. The van der Waals surface area contributed by atoms with Gasteiger partial charge in [0.2, 0.25) is 0 Å². The summed E-state index contributed by atoms with van der Waals surface area (Å²) in [6.07, 6.45) is 5.05. The van der Waals surface area contributed by atoms with Crippen LogP contribution in [0, 0.1) is 6.92 Å². The Morgan fingerprint density at radius 1 is 1.17 bits per heavy atom. The van der Waals surface area contributed by atoms with Gasteiger partial charge < -0.3 is 15.3 Å². The second-order valence-corrected chi connectivity index (χ2v) is 11.1. The van der Waals surface area contributed by atoms with E-state index in [1.54, 1.807) is 54.5 Å². The number of hydrogen-bond acceptors (Lipinski definition) is 6. The molecule has 10 nitrogen and oxygen atoms in total. The molecular formula is C24H25ClN6O4S. The highest BCUT2D eigenvalue weighted by Crippen LogP contribution is 2.38. The Morgan fingerprint density at radius 2 is 1.86 bits per heavy atom. The predicted octanol–water partition coefficient (Wildman–Crippen LogP) is 4.19. The maximum absolute atomic E-state index is 13.9. The monoisotopic (exact) mass is 528 g/mol. The van der Waals surface area contributed by atoms with Crippen LogP contribution in [0.4, 0.5) is 10.5 Å².